The Morgan fingerprint density at radius 2 is 1.76 bits per heavy atom. The Morgan fingerprint density at radius 1 is 1.00 bits per heavy atom. The van der Waals surface area contributed by atoms with Gasteiger partial charge in [-0.15, -0.1) is 0 Å². The summed E-state index contributed by atoms with van der Waals surface area (Å²) in [5.74, 6) is 0.750. The Morgan fingerprint density at radius 3 is 2.52 bits per heavy atom. The van der Waals surface area contributed by atoms with Crippen LogP contribution in [0.2, 0.25) is 0 Å². The van der Waals surface area contributed by atoms with Crippen LogP contribution in [0.4, 0.5) is 0 Å². The molecule has 0 bridgehead atoms. The third-order valence-electron chi connectivity index (χ3n) is 6.64. The lowest BCUT2D eigenvalue weighted by atomic mass is 9.87. The van der Waals surface area contributed by atoms with Gasteiger partial charge in [0.1, 0.15) is 5.69 Å². The number of para-hydroxylation sites is 1. The van der Waals surface area contributed by atoms with E-state index in [1.807, 2.05) is 52.3 Å². The zero-order valence-electron chi connectivity index (χ0n) is 16.8. The molecule has 0 aliphatic carbocycles. The van der Waals surface area contributed by atoms with E-state index in [9.17, 15) is 9.59 Å². The van der Waals surface area contributed by atoms with Crippen LogP contribution < -0.4 is 0 Å². The fourth-order valence-electron chi connectivity index (χ4n) is 5.17. The predicted molar refractivity (Wildman–Crippen MR) is 112 cm³/mol. The monoisotopic (exact) mass is 387 g/mol. The highest BCUT2D eigenvalue weighted by molar-refractivity contribution is 5.98. The summed E-state index contributed by atoms with van der Waals surface area (Å²) in [6, 6.07) is 18.2. The summed E-state index contributed by atoms with van der Waals surface area (Å²) in [4.78, 5) is 32.8. The first kappa shape index (κ1) is 18.0. The maximum atomic E-state index is 13.6. The second-order valence-electron chi connectivity index (χ2n) is 8.38. The third kappa shape index (κ3) is 2.92. The van der Waals surface area contributed by atoms with Crippen molar-refractivity contribution in [3.63, 3.8) is 0 Å². The Hall–Kier alpha value is -3.08. The molecule has 2 aliphatic rings. The number of rotatable bonds is 2. The number of carbonyl (C=O) groups is 2. The highest BCUT2D eigenvalue weighted by Crippen LogP contribution is 2.46. The molecular weight excluding hydrogens is 362 g/mol. The molecule has 3 atom stereocenters. The lowest BCUT2D eigenvalue weighted by molar-refractivity contribution is -0.128. The van der Waals surface area contributed by atoms with Crippen molar-refractivity contribution < 1.29 is 9.59 Å². The topological polar surface area (TPSA) is 56.4 Å². The van der Waals surface area contributed by atoms with Crippen LogP contribution in [0.15, 0.2) is 54.6 Å². The van der Waals surface area contributed by atoms with Crippen LogP contribution in [-0.4, -0.2) is 46.2 Å². The van der Waals surface area contributed by atoms with E-state index < -0.39 is 0 Å². The number of carbonyl (C=O) groups excluding carboxylic acids is 2. The molecule has 0 radical (unpaired) electrons. The number of hydrogen-bond donors (Lipinski definition) is 1. The van der Waals surface area contributed by atoms with Crippen molar-refractivity contribution in [3.8, 4) is 0 Å². The fraction of sp³-hybridized carbons (Fsp3) is 0.333. The molecule has 3 aromatic rings. The number of nitrogens with one attached hydrogen (secondary N) is 1. The molecule has 5 nitrogen and oxygen atoms in total. The van der Waals surface area contributed by atoms with Crippen molar-refractivity contribution in [1.29, 1.82) is 0 Å². The molecule has 2 saturated heterocycles. The first-order valence-electron chi connectivity index (χ1n) is 10.2. The number of fused-ring (bicyclic) bond motifs is 2. The second kappa shape index (κ2) is 6.76. The van der Waals surface area contributed by atoms with Gasteiger partial charge in [0.25, 0.3) is 5.91 Å². The zero-order chi connectivity index (χ0) is 20.1. The van der Waals surface area contributed by atoms with Gasteiger partial charge < -0.3 is 14.8 Å². The van der Waals surface area contributed by atoms with Crippen LogP contribution in [0.5, 0.6) is 0 Å². The van der Waals surface area contributed by atoms with Gasteiger partial charge in [0, 0.05) is 49.3 Å². The number of nitrogens with zero attached hydrogens (tertiary/aromatic N) is 2. The molecule has 0 spiro atoms. The lowest BCUT2D eigenvalue weighted by Crippen LogP contribution is -2.37. The summed E-state index contributed by atoms with van der Waals surface area (Å²) in [5.41, 5.74) is 3.99. The number of hydrogen-bond acceptors (Lipinski definition) is 2. The van der Waals surface area contributed by atoms with Crippen LogP contribution in [0.3, 0.4) is 0 Å². The van der Waals surface area contributed by atoms with Gasteiger partial charge in [0.2, 0.25) is 5.91 Å². The molecule has 5 heteroatoms. The van der Waals surface area contributed by atoms with E-state index in [1.54, 1.807) is 6.92 Å². The van der Waals surface area contributed by atoms with E-state index in [1.165, 1.54) is 11.1 Å². The third-order valence-corrected chi connectivity index (χ3v) is 6.64. The summed E-state index contributed by atoms with van der Waals surface area (Å²) >= 11 is 0. The fourth-order valence-corrected chi connectivity index (χ4v) is 5.17. The van der Waals surface area contributed by atoms with Gasteiger partial charge in [-0.1, -0.05) is 42.5 Å². The normalized spacial score (nSPS) is 23.6. The molecule has 0 saturated carbocycles. The van der Waals surface area contributed by atoms with Gasteiger partial charge >= 0.3 is 0 Å². The molecule has 1 aromatic heterocycles. The maximum Gasteiger partial charge on any atom is 0.270 e. The van der Waals surface area contributed by atoms with Crippen LogP contribution in [0.25, 0.3) is 10.9 Å². The van der Waals surface area contributed by atoms with Gasteiger partial charge in [-0.3, -0.25) is 9.59 Å². The minimum absolute atomic E-state index is 0.00976. The van der Waals surface area contributed by atoms with E-state index in [2.05, 4.69) is 24.0 Å². The quantitative estimate of drug-likeness (QED) is 0.728. The highest BCUT2D eigenvalue weighted by Gasteiger charge is 2.50. The number of benzene rings is 2. The molecule has 2 aromatic carbocycles. The molecule has 1 N–H and O–H groups in total. The smallest absolute Gasteiger partial charge is 0.270 e. The number of aromatic amines is 1. The standard InChI is InChI=1S/C24H25N3O2/c1-15-7-3-5-9-19(15)23-20-14-26(16(2)28)12-18(20)13-27(23)24(29)22-11-17-8-4-6-10-21(17)25-22/h3-11,18,20,23,25H,12-14H2,1-2H3/t18-,20-,23+/m0/s1. The first-order chi connectivity index (χ1) is 14.0. The molecule has 2 fully saturated rings. The Balaban J connectivity index is 1.53. The molecular formula is C24H25N3O2. The minimum atomic E-state index is -0.00976. The summed E-state index contributed by atoms with van der Waals surface area (Å²) in [6.07, 6.45) is 0. The summed E-state index contributed by atoms with van der Waals surface area (Å²) < 4.78 is 0. The van der Waals surface area contributed by atoms with Gasteiger partial charge in [0.15, 0.2) is 0 Å². The number of aromatic nitrogens is 1. The molecule has 3 heterocycles. The van der Waals surface area contributed by atoms with E-state index in [-0.39, 0.29) is 23.8 Å². The lowest BCUT2D eigenvalue weighted by Gasteiger charge is -2.30. The summed E-state index contributed by atoms with van der Waals surface area (Å²) in [6.45, 7) is 5.87. The maximum absolute atomic E-state index is 13.6. The number of amides is 2. The molecule has 5 rings (SSSR count). The number of aryl methyl sites for hydroxylation is 1. The van der Waals surface area contributed by atoms with Gasteiger partial charge in [-0.05, 0) is 30.2 Å². The van der Waals surface area contributed by atoms with Crippen molar-refractivity contribution in [2.45, 2.75) is 19.9 Å². The van der Waals surface area contributed by atoms with Crippen molar-refractivity contribution in [3.05, 3.63) is 71.4 Å². The number of H-pyrrole nitrogens is 1. The predicted octanol–water partition coefficient (Wildman–Crippen LogP) is 3.77. The average molecular weight is 387 g/mol. The molecule has 0 unspecified atom stereocenters. The minimum Gasteiger partial charge on any atom is -0.351 e. The molecule has 2 aliphatic heterocycles. The summed E-state index contributed by atoms with van der Waals surface area (Å²) in [7, 11) is 0. The van der Waals surface area contributed by atoms with Gasteiger partial charge in [0.05, 0.1) is 6.04 Å². The SMILES string of the molecule is CC(=O)N1C[C@H]2CN(C(=O)c3cc4ccccc4[nH]3)[C@H](c3ccccc3C)[C@H]2C1. The molecule has 148 valence electrons. The van der Waals surface area contributed by atoms with E-state index in [0.29, 0.717) is 18.2 Å². The van der Waals surface area contributed by atoms with Gasteiger partial charge in [-0.25, -0.2) is 0 Å². The van der Waals surface area contributed by atoms with E-state index >= 15 is 0 Å². The van der Waals surface area contributed by atoms with Gasteiger partial charge in [-0.2, -0.15) is 0 Å². The Kier molecular flexibility index (Phi) is 4.19. The van der Waals surface area contributed by atoms with Crippen LogP contribution >= 0.6 is 0 Å². The van der Waals surface area contributed by atoms with Crippen LogP contribution in [-0.2, 0) is 4.79 Å². The zero-order valence-corrected chi connectivity index (χ0v) is 16.8. The first-order valence-corrected chi connectivity index (χ1v) is 10.2. The Labute approximate surface area is 170 Å². The summed E-state index contributed by atoms with van der Waals surface area (Å²) in [5, 5.41) is 1.05. The molecule has 29 heavy (non-hydrogen) atoms. The van der Waals surface area contributed by atoms with E-state index in [4.69, 9.17) is 0 Å². The van der Waals surface area contributed by atoms with E-state index in [0.717, 1.165) is 24.0 Å². The average Bonchev–Trinajstić information content (AvgIpc) is 3.40. The molecule has 2 amide bonds. The van der Waals surface area contributed by atoms with Crippen molar-refractivity contribution in [2.75, 3.05) is 19.6 Å². The van der Waals surface area contributed by atoms with Crippen LogP contribution in [0.1, 0.15) is 34.6 Å². The van der Waals surface area contributed by atoms with Crippen molar-refractivity contribution in [1.82, 2.24) is 14.8 Å². The highest BCUT2D eigenvalue weighted by atomic mass is 16.2. The second-order valence-corrected chi connectivity index (χ2v) is 8.38. The van der Waals surface area contributed by atoms with Crippen LogP contribution in [0, 0.1) is 18.8 Å². The van der Waals surface area contributed by atoms with Crippen molar-refractivity contribution in [2.24, 2.45) is 11.8 Å². The number of likely N-dealkylation sites (tertiary alicyclic amines) is 2. The van der Waals surface area contributed by atoms with Crippen molar-refractivity contribution >= 4 is 22.7 Å². The Bertz CT molecular complexity index is 1070. The largest absolute Gasteiger partial charge is 0.351 e.